The summed E-state index contributed by atoms with van der Waals surface area (Å²) in [6.07, 6.45) is 1.03. The van der Waals surface area contributed by atoms with Crippen LogP contribution >= 0.6 is 0 Å². The molecule has 0 unspecified atom stereocenters. The van der Waals surface area contributed by atoms with Crippen molar-refractivity contribution in [3.8, 4) is 5.75 Å². The van der Waals surface area contributed by atoms with Crippen LogP contribution in [-0.4, -0.2) is 20.1 Å². The maximum absolute atomic E-state index is 12.6. The molecule has 0 atom stereocenters. The summed E-state index contributed by atoms with van der Waals surface area (Å²) in [5.41, 5.74) is 1.58. The van der Waals surface area contributed by atoms with E-state index >= 15 is 0 Å². The highest BCUT2D eigenvalue weighted by Gasteiger charge is 2.23. The highest BCUT2D eigenvalue weighted by Crippen LogP contribution is 2.28. The number of carbonyl (C=O) groups excluding carboxylic acids is 2. The summed E-state index contributed by atoms with van der Waals surface area (Å²) in [5, 5.41) is 2.70. The molecule has 0 bridgehead atoms. The van der Waals surface area contributed by atoms with Crippen LogP contribution in [0, 0.1) is 0 Å². The van der Waals surface area contributed by atoms with Gasteiger partial charge in [-0.2, -0.15) is 8.42 Å². The Kier molecular flexibility index (Phi) is 4.59. The highest BCUT2D eigenvalue weighted by molar-refractivity contribution is 7.87. The molecule has 6 nitrogen and oxygen atoms in total. The molecule has 3 rings (SSSR count). The summed E-state index contributed by atoms with van der Waals surface area (Å²) < 4.78 is 30.4. The van der Waals surface area contributed by atoms with Crippen LogP contribution in [0.25, 0.3) is 0 Å². The first kappa shape index (κ1) is 17.2. The predicted molar refractivity (Wildman–Crippen MR) is 92.3 cm³/mol. The van der Waals surface area contributed by atoms with Gasteiger partial charge < -0.3 is 9.50 Å². The number of fused-ring (bicyclic) bond motifs is 1. The Balaban J connectivity index is 1.93. The molecule has 1 amide bonds. The van der Waals surface area contributed by atoms with Gasteiger partial charge in [-0.1, -0.05) is 19.1 Å². The second-order valence-electron chi connectivity index (χ2n) is 5.68. The van der Waals surface area contributed by atoms with Gasteiger partial charge in [0.05, 0.1) is 5.56 Å². The third-order valence-electron chi connectivity index (χ3n) is 3.97. The quantitative estimate of drug-likeness (QED) is 0.655. The molecule has 1 N–H and O–H groups in total. The standard InChI is InChI=1S/C18H17NO5S/c1-2-16(20)14-5-3-4-6-17(14)24-25(22,23)13-8-9-15-12(11-13)7-10-18(21)19-15/h3-6,8-9,11H,2,7,10H2,1H3,(H,19,21). The molecule has 7 heteroatoms. The number of hydrogen-bond acceptors (Lipinski definition) is 5. The molecule has 1 aliphatic heterocycles. The molecule has 0 saturated heterocycles. The number of hydrogen-bond donors (Lipinski definition) is 1. The van der Waals surface area contributed by atoms with Crippen molar-refractivity contribution in [1.29, 1.82) is 0 Å². The molecular weight excluding hydrogens is 342 g/mol. The molecule has 2 aromatic rings. The van der Waals surface area contributed by atoms with Crippen LogP contribution in [0.4, 0.5) is 5.69 Å². The SMILES string of the molecule is CCC(=O)c1ccccc1OS(=O)(=O)c1ccc2c(c1)CCC(=O)N2. The Labute approximate surface area is 145 Å². The summed E-state index contributed by atoms with van der Waals surface area (Å²) >= 11 is 0. The van der Waals surface area contributed by atoms with Crippen molar-refractivity contribution in [2.24, 2.45) is 0 Å². The number of rotatable bonds is 5. The van der Waals surface area contributed by atoms with Gasteiger partial charge in [-0.05, 0) is 42.3 Å². The molecule has 1 heterocycles. The zero-order chi connectivity index (χ0) is 18.0. The summed E-state index contributed by atoms with van der Waals surface area (Å²) in [4.78, 5) is 23.3. The normalized spacial score (nSPS) is 13.7. The number of aryl methyl sites for hydroxylation is 1. The maximum atomic E-state index is 12.6. The van der Waals surface area contributed by atoms with Crippen LogP contribution in [0.2, 0.25) is 0 Å². The van der Waals surface area contributed by atoms with E-state index in [-0.39, 0.29) is 34.3 Å². The lowest BCUT2D eigenvalue weighted by atomic mass is 10.0. The van der Waals surface area contributed by atoms with Gasteiger partial charge >= 0.3 is 10.1 Å². The average Bonchev–Trinajstić information content (AvgIpc) is 2.60. The molecule has 0 saturated carbocycles. The number of amides is 1. The van der Waals surface area contributed by atoms with Gasteiger partial charge in [0.2, 0.25) is 5.91 Å². The lowest BCUT2D eigenvalue weighted by Gasteiger charge is -2.17. The molecule has 130 valence electrons. The molecular formula is C18H17NO5S. The van der Waals surface area contributed by atoms with Crippen molar-refractivity contribution < 1.29 is 22.2 Å². The zero-order valence-electron chi connectivity index (χ0n) is 13.6. The van der Waals surface area contributed by atoms with E-state index in [0.29, 0.717) is 18.5 Å². The molecule has 0 radical (unpaired) electrons. The smallest absolute Gasteiger partial charge is 0.339 e. The first-order valence-electron chi connectivity index (χ1n) is 7.90. The van der Waals surface area contributed by atoms with Crippen LogP contribution in [-0.2, 0) is 21.3 Å². The van der Waals surface area contributed by atoms with Crippen molar-refractivity contribution in [2.75, 3.05) is 5.32 Å². The van der Waals surface area contributed by atoms with Gasteiger partial charge in [-0.25, -0.2) is 0 Å². The lowest BCUT2D eigenvalue weighted by molar-refractivity contribution is -0.116. The number of ketones is 1. The van der Waals surface area contributed by atoms with Crippen LogP contribution in [0.1, 0.15) is 35.7 Å². The van der Waals surface area contributed by atoms with Crippen LogP contribution in [0.3, 0.4) is 0 Å². The minimum absolute atomic E-state index is 0.0128. The van der Waals surface area contributed by atoms with Crippen molar-refractivity contribution >= 4 is 27.5 Å². The van der Waals surface area contributed by atoms with Gasteiger partial charge in [0.15, 0.2) is 11.5 Å². The minimum Gasteiger partial charge on any atom is -0.378 e. The number of nitrogens with one attached hydrogen (secondary N) is 1. The van der Waals surface area contributed by atoms with E-state index in [1.165, 1.54) is 18.2 Å². The number of benzene rings is 2. The van der Waals surface area contributed by atoms with Gasteiger partial charge in [-0.3, -0.25) is 9.59 Å². The average molecular weight is 359 g/mol. The molecule has 0 fully saturated rings. The number of Topliss-reactive ketones (excluding diaryl/α,β-unsaturated/α-hetero) is 1. The number of anilines is 1. The molecule has 0 aromatic heterocycles. The number of para-hydroxylation sites is 1. The van der Waals surface area contributed by atoms with Gasteiger partial charge in [0, 0.05) is 18.5 Å². The lowest BCUT2D eigenvalue weighted by Crippen LogP contribution is -2.20. The van der Waals surface area contributed by atoms with Crippen LogP contribution in [0.5, 0.6) is 5.75 Å². The Bertz CT molecular complexity index is 950. The Hall–Kier alpha value is -2.67. The van der Waals surface area contributed by atoms with Crippen molar-refractivity contribution in [3.63, 3.8) is 0 Å². The van der Waals surface area contributed by atoms with E-state index < -0.39 is 10.1 Å². The van der Waals surface area contributed by atoms with Gasteiger partial charge in [-0.15, -0.1) is 0 Å². The third-order valence-corrected chi connectivity index (χ3v) is 5.20. The van der Waals surface area contributed by atoms with E-state index in [4.69, 9.17) is 4.18 Å². The first-order valence-corrected chi connectivity index (χ1v) is 9.31. The minimum atomic E-state index is -4.09. The second kappa shape index (κ2) is 6.68. The van der Waals surface area contributed by atoms with Crippen LogP contribution in [0.15, 0.2) is 47.4 Å². The first-order chi connectivity index (χ1) is 11.9. The zero-order valence-corrected chi connectivity index (χ0v) is 14.4. The second-order valence-corrected chi connectivity index (χ2v) is 7.22. The maximum Gasteiger partial charge on any atom is 0.339 e. The molecule has 25 heavy (non-hydrogen) atoms. The molecule has 0 aliphatic carbocycles. The predicted octanol–water partition coefficient (Wildman–Crippen LogP) is 2.93. The topological polar surface area (TPSA) is 89.5 Å². The van der Waals surface area contributed by atoms with E-state index in [0.717, 1.165) is 5.56 Å². The highest BCUT2D eigenvalue weighted by atomic mass is 32.2. The van der Waals surface area contributed by atoms with Crippen molar-refractivity contribution in [3.05, 3.63) is 53.6 Å². The van der Waals surface area contributed by atoms with E-state index in [1.54, 1.807) is 31.2 Å². The molecule has 1 aliphatic rings. The van der Waals surface area contributed by atoms with E-state index in [1.807, 2.05) is 0 Å². The van der Waals surface area contributed by atoms with E-state index in [2.05, 4.69) is 5.32 Å². The van der Waals surface area contributed by atoms with E-state index in [9.17, 15) is 18.0 Å². The fraction of sp³-hybridized carbons (Fsp3) is 0.222. The summed E-state index contributed by atoms with van der Waals surface area (Å²) in [6, 6.07) is 10.7. The molecule has 0 spiro atoms. The number of carbonyl (C=O) groups is 2. The van der Waals surface area contributed by atoms with Gasteiger partial charge in [0.25, 0.3) is 0 Å². The monoisotopic (exact) mass is 359 g/mol. The summed E-state index contributed by atoms with van der Waals surface area (Å²) in [7, 11) is -4.09. The fourth-order valence-corrected chi connectivity index (χ4v) is 3.64. The third kappa shape index (κ3) is 3.56. The largest absolute Gasteiger partial charge is 0.378 e. The molecule has 2 aromatic carbocycles. The fourth-order valence-electron chi connectivity index (χ4n) is 2.64. The van der Waals surface area contributed by atoms with Crippen molar-refractivity contribution in [1.82, 2.24) is 0 Å². The Morgan fingerprint density at radius 2 is 1.92 bits per heavy atom. The summed E-state index contributed by atoms with van der Waals surface area (Å²) in [6.45, 7) is 1.70. The Morgan fingerprint density at radius 1 is 1.16 bits per heavy atom. The summed E-state index contributed by atoms with van der Waals surface area (Å²) in [5.74, 6) is -0.273. The van der Waals surface area contributed by atoms with Gasteiger partial charge in [0.1, 0.15) is 4.90 Å². The van der Waals surface area contributed by atoms with Crippen LogP contribution < -0.4 is 9.50 Å². The van der Waals surface area contributed by atoms with Crippen molar-refractivity contribution in [2.45, 2.75) is 31.1 Å². The Morgan fingerprint density at radius 3 is 2.68 bits per heavy atom.